The summed E-state index contributed by atoms with van der Waals surface area (Å²) in [5, 5.41) is 0. The summed E-state index contributed by atoms with van der Waals surface area (Å²) in [4.78, 5) is 28.8. The Morgan fingerprint density at radius 1 is 1.21 bits per heavy atom. The molecule has 1 amide bonds. The number of H-pyrrole nitrogens is 2. The molecule has 1 aromatic carbocycles. The first kappa shape index (κ1) is 19.3. The molecule has 2 aromatic heterocycles. The lowest BCUT2D eigenvalue weighted by molar-refractivity contribution is 0.0357. The van der Waals surface area contributed by atoms with Crippen molar-refractivity contribution in [1.82, 2.24) is 19.9 Å². The van der Waals surface area contributed by atoms with Crippen molar-refractivity contribution in [2.75, 3.05) is 39.5 Å². The van der Waals surface area contributed by atoms with Crippen LogP contribution in [0.3, 0.4) is 0 Å². The standard InChI is InChI=1S/C20H22FN5O3/c21-15-4-2-14(3-5-15)19(27)25-20-23-16-12-18(22-13-17(16)24-20)29-9-1-6-26-7-10-28-11-8-26/h2-5,12-13H,1,6-11H2,(H2,23,24,25,27). The number of fused-ring (bicyclic) bond motifs is 1. The Morgan fingerprint density at radius 3 is 2.76 bits per heavy atom. The van der Waals surface area contributed by atoms with Gasteiger partial charge in [0.15, 0.2) is 0 Å². The number of ether oxygens (including phenoxy) is 2. The van der Waals surface area contributed by atoms with Gasteiger partial charge in [-0.3, -0.25) is 9.69 Å². The molecule has 152 valence electrons. The van der Waals surface area contributed by atoms with Crippen LogP contribution in [0.2, 0.25) is 0 Å². The minimum atomic E-state index is -0.472. The maximum absolute atomic E-state index is 13.0. The average molecular weight is 399 g/mol. The smallest absolute Gasteiger partial charge is 0.280 e. The topological polar surface area (TPSA) is 95.6 Å². The first-order chi connectivity index (χ1) is 14.2. The van der Waals surface area contributed by atoms with Gasteiger partial charge in [-0.05, 0) is 30.7 Å². The molecule has 0 bridgehead atoms. The van der Waals surface area contributed by atoms with Gasteiger partial charge in [-0.15, -0.1) is 0 Å². The van der Waals surface area contributed by atoms with Crippen molar-refractivity contribution in [2.24, 2.45) is 4.99 Å². The van der Waals surface area contributed by atoms with Crippen LogP contribution in [-0.4, -0.2) is 65.2 Å². The van der Waals surface area contributed by atoms with Crippen molar-refractivity contribution >= 4 is 16.9 Å². The summed E-state index contributed by atoms with van der Waals surface area (Å²) in [6.45, 7) is 5.05. The molecule has 2 N–H and O–H groups in total. The van der Waals surface area contributed by atoms with Gasteiger partial charge < -0.3 is 19.4 Å². The molecular weight excluding hydrogens is 377 g/mol. The molecule has 0 unspecified atom stereocenters. The number of carbonyl (C=O) groups is 1. The van der Waals surface area contributed by atoms with Crippen LogP contribution < -0.4 is 10.4 Å². The quantitative estimate of drug-likeness (QED) is 0.617. The van der Waals surface area contributed by atoms with Crippen molar-refractivity contribution in [3.8, 4) is 5.88 Å². The fraction of sp³-hybridized carbons (Fsp3) is 0.350. The van der Waals surface area contributed by atoms with Gasteiger partial charge in [-0.1, -0.05) is 0 Å². The van der Waals surface area contributed by atoms with Gasteiger partial charge in [0.1, 0.15) is 5.82 Å². The van der Waals surface area contributed by atoms with Crippen molar-refractivity contribution in [3.63, 3.8) is 0 Å². The lowest BCUT2D eigenvalue weighted by Gasteiger charge is -2.26. The van der Waals surface area contributed by atoms with E-state index >= 15 is 0 Å². The van der Waals surface area contributed by atoms with E-state index in [1.54, 1.807) is 12.3 Å². The van der Waals surface area contributed by atoms with Gasteiger partial charge in [-0.2, -0.15) is 4.99 Å². The fourth-order valence-corrected chi connectivity index (χ4v) is 3.11. The number of hydrogen-bond donors (Lipinski definition) is 2. The van der Waals surface area contributed by atoms with E-state index in [1.807, 2.05) is 0 Å². The van der Waals surface area contributed by atoms with Gasteiger partial charge >= 0.3 is 0 Å². The van der Waals surface area contributed by atoms with Crippen LogP contribution in [0.5, 0.6) is 5.88 Å². The maximum atomic E-state index is 13.0. The highest BCUT2D eigenvalue weighted by molar-refractivity contribution is 5.94. The van der Waals surface area contributed by atoms with Crippen LogP contribution in [0.15, 0.2) is 41.5 Å². The van der Waals surface area contributed by atoms with Crippen LogP contribution in [0.1, 0.15) is 16.8 Å². The third-order valence-electron chi connectivity index (χ3n) is 4.66. The first-order valence-corrected chi connectivity index (χ1v) is 9.53. The van der Waals surface area contributed by atoms with Crippen molar-refractivity contribution in [2.45, 2.75) is 6.42 Å². The Hall–Kier alpha value is -3.04. The fourth-order valence-electron chi connectivity index (χ4n) is 3.11. The number of rotatable bonds is 6. The predicted molar refractivity (Wildman–Crippen MR) is 104 cm³/mol. The number of nitrogens with one attached hydrogen (secondary N) is 2. The Balaban J connectivity index is 1.38. The normalized spacial score (nSPS) is 15.7. The molecule has 4 rings (SSSR count). The third-order valence-corrected chi connectivity index (χ3v) is 4.66. The monoisotopic (exact) mass is 399 g/mol. The van der Waals surface area contributed by atoms with E-state index in [-0.39, 0.29) is 0 Å². The Bertz CT molecular complexity index is 1040. The highest BCUT2D eigenvalue weighted by Crippen LogP contribution is 2.13. The number of pyridine rings is 1. The number of aromatic nitrogens is 3. The van der Waals surface area contributed by atoms with Crippen LogP contribution >= 0.6 is 0 Å². The molecule has 9 heteroatoms. The van der Waals surface area contributed by atoms with E-state index in [4.69, 9.17) is 9.47 Å². The predicted octanol–water partition coefficient (Wildman–Crippen LogP) is 1.87. The molecule has 1 aliphatic rings. The molecule has 0 atom stereocenters. The Labute approximate surface area is 166 Å². The number of nitrogens with zero attached hydrogens (tertiary/aromatic N) is 3. The van der Waals surface area contributed by atoms with Gasteiger partial charge in [0.25, 0.3) is 5.91 Å². The molecule has 1 aliphatic heterocycles. The summed E-state index contributed by atoms with van der Waals surface area (Å²) < 4.78 is 24.1. The highest BCUT2D eigenvalue weighted by atomic mass is 19.1. The molecule has 3 aromatic rings. The summed E-state index contributed by atoms with van der Waals surface area (Å²) in [7, 11) is 0. The number of benzene rings is 1. The van der Waals surface area contributed by atoms with E-state index in [0.29, 0.717) is 29.2 Å². The molecule has 29 heavy (non-hydrogen) atoms. The lowest BCUT2D eigenvalue weighted by atomic mass is 10.2. The minimum Gasteiger partial charge on any atom is -0.478 e. The maximum Gasteiger partial charge on any atom is 0.280 e. The van der Waals surface area contributed by atoms with Crippen LogP contribution in [0.4, 0.5) is 4.39 Å². The van der Waals surface area contributed by atoms with Gasteiger partial charge in [0.05, 0.1) is 37.1 Å². The van der Waals surface area contributed by atoms with E-state index < -0.39 is 11.7 Å². The molecular formula is C20H22FN5O3. The molecule has 8 nitrogen and oxygen atoms in total. The molecule has 0 aliphatic carbocycles. The van der Waals surface area contributed by atoms with Gasteiger partial charge in [0, 0.05) is 31.3 Å². The van der Waals surface area contributed by atoms with E-state index in [0.717, 1.165) is 44.8 Å². The molecule has 3 heterocycles. The molecule has 0 saturated carbocycles. The van der Waals surface area contributed by atoms with Crippen molar-refractivity contribution in [1.29, 1.82) is 0 Å². The zero-order chi connectivity index (χ0) is 20.1. The van der Waals surface area contributed by atoms with Gasteiger partial charge in [0.2, 0.25) is 11.5 Å². The van der Waals surface area contributed by atoms with Gasteiger partial charge in [-0.25, -0.2) is 9.37 Å². The summed E-state index contributed by atoms with van der Waals surface area (Å²) >= 11 is 0. The number of carbonyl (C=O) groups excluding carboxylic acids is 1. The zero-order valence-corrected chi connectivity index (χ0v) is 15.9. The van der Waals surface area contributed by atoms with E-state index in [2.05, 4.69) is 24.8 Å². The molecule has 0 spiro atoms. The molecule has 1 saturated heterocycles. The first-order valence-electron chi connectivity index (χ1n) is 9.53. The summed E-state index contributed by atoms with van der Waals surface area (Å²) in [6, 6.07) is 7.01. The van der Waals surface area contributed by atoms with Crippen molar-refractivity contribution < 1.29 is 18.7 Å². The Kier molecular flexibility index (Phi) is 5.97. The average Bonchev–Trinajstić information content (AvgIpc) is 3.14. The van der Waals surface area contributed by atoms with Crippen LogP contribution in [-0.2, 0) is 4.74 Å². The number of aromatic amines is 2. The second-order valence-electron chi connectivity index (χ2n) is 6.75. The number of hydrogen-bond acceptors (Lipinski definition) is 5. The van der Waals surface area contributed by atoms with Crippen molar-refractivity contribution in [3.05, 3.63) is 53.5 Å². The SMILES string of the molecule is O=C(/N=c1\[nH]c2cnc(OCCCN3CCOCC3)cc2[nH]1)c1ccc(F)cc1. The largest absolute Gasteiger partial charge is 0.478 e. The molecule has 1 fully saturated rings. The number of amides is 1. The van der Waals surface area contributed by atoms with Crippen LogP contribution in [0.25, 0.3) is 11.0 Å². The number of halogens is 1. The van der Waals surface area contributed by atoms with E-state index in [1.165, 1.54) is 24.3 Å². The minimum absolute atomic E-state index is 0.292. The summed E-state index contributed by atoms with van der Waals surface area (Å²) in [5.41, 5.74) is 2.03. The highest BCUT2D eigenvalue weighted by Gasteiger charge is 2.10. The lowest BCUT2D eigenvalue weighted by Crippen LogP contribution is -2.37. The van der Waals surface area contributed by atoms with E-state index in [9.17, 15) is 9.18 Å². The molecule has 0 radical (unpaired) electrons. The Morgan fingerprint density at radius 2 is 1.97 bits per heavy atom. The second-order valence-corrected chi connectivity index (χ2v) is 6.75. The summed E-state index contributed by atoms with van der Waals surface area (Å²) in [6.07, 6.45) is 2.54. The number of imidazole rings is 1. The zero-order valence-electron chi connectivity index (χ0n) is 15.9. The second kappa shape index (κ2) is 8.97. The van der Waals surface area contributed by atoms with Crippen LogP contribution in [0, 0.1) is 5.82 Å². The summed E-state index contributed by atoms with van der Waals surface area (Å²) in [5.74, 6) is -0.367. The number of morpholine rings is 1. The third kappa shape index (κ3) is 5.07.